The first kappa shape index (κ1) is 21.0. The minimum atomic E-state index is -4.76. The van der Waals surface area contributed by atoms with Gasteiger partial charge in [0.2, 0.25) is 10.0 Å². The predicted molar refractivity (Wildman–Crippen MR) is 93.3 cm³/mol. The van der Waals surface area contributed by atoms with Crippen molar-refractivity contribution in [3.63, 3.8) is 0 Å². The van der Waals surface area contributed by atoms with Gasteiger partial charge in [0.25, 0.3) is 0 Å². The lowest BCUT2D eigenvalue weighted by Crippen LogP contribution is -2.45. The smallest absolute Gasteiger partial charge is 0.406 e. The minimum absolute atomic E-state index is 0.0919. The number of hydrogen-bond acceptors (Lipinski definition) is 4. The molecule has 0 saturated carbocycles. The number of rotatable bonds is 8. The van der Waals surface area contributed by atoms with E-state index in [4.69, 9.17) is 0 Å². The van der Waals surface area contributed by atoms with Crippen LogP contribution in [0, 0.1) is 0 Å². The van der Waals surface area contributed by atoms with E-state index in [1.165, 1.54) is 12.1 Å². The number of hydrogen-bond donors (Lipinski definition) is 1. The highest BCUT2D eigenvalue weighted by molar-refractivity contribution is 7.88. The second-order valence-electron chi connectivity index (χ2n) is 6.54. The number of nitrogens with zero attached hydrogens (tertiary/aromatic N) is 1. The maximum atomic E-state index is 12.3. The van der Waals surface area contributed by atoms with Gasteiger partial charge in [-0.15, -0.1) is 13.2 Å². The third kappa shape index (κ3) is 7.51. The lowest BCUT2D eigenvalue weighted by molar-refractivity contribution is -0.274. The highest BCUT2D eigenvalue weighted by Crippen LogP contribution is 2.23. The van der Waals surface area contributed by atoms with Crippen molar-refractivity contribution < 1.29 is 26.3 Å². The van der Waals surface area contributed by atoms with E-state index in [1.54, 1.807) is 0 Å². The normalized spacial score (nSPS) is 17.4. The third-order valence-corrected chi connectivity index (χ3v) is 5.68. The molecule has 1 aliphatic rings. The van der Waals surface area contributed by atoms with Crippen LogP contribution >= 0.6 is 0 Å². The Morgan fingerprint density at radius 2 is 1.81 bits per heavy atom. The van der Waals surface area contributed by atoms with Crippen LogP contribution in [0.4, 0.5) is 13.2 Å². The summed E-state index contributed by atoms with van der Waals surface area (Å²) in [7, 11) is -3.55. The fourth-order valence-corrected chi connectivity index (χ4v) is 4.42. The summed E-state index contributed by atoms with van der Waals surface area (Å²) in [6.45, 7) is 4.93. The zero-order valence-electron chi connectivity index (χ0n) is 14.8. The van der Waals surface area contributed by atoms with Crippen molar-refractivity contribution in [3.8, 4) is 5.75 Å². The largest absolute Gasteiger partial charge is 0.573 e. The lowest BCUT2D eigenvalue weighted by Gasteiger charge is -2.32. The Balaban J connectivity index is 1.83. The molecule has 5 nitrogen and oxygen atoms in total. The highest BCUT2D eigenvalue weighted by atomic mass is 32.2. The average Bonchev–Trinajstić information content (AvgIpc) is 2.54. The number of nitrogens with one attached hydrogen (secondary N) is 1. The van der Waals surface area contributed by atoms with Crippen molar-refractivity contribution in [2.24, 2.45) is 0 Å². The number of ether oxygens (including phenoxy) is 1. The Bertz CT molecular complexity index is 655. The summed E-state index contributed by atoms with van der Waals surface area (Å²) in [4.78, 5) is 2.34. The highest BCUT2D eigenvalue weighted by Gasteiger charge is 2.31. The van der Waals surface area contributed by atoms with Crippen LogP contribution < -0.4 is 9.46 Å². The van der Waals surface area contributed by atoms with Crippen LogP contribution in [0.15, 0.2) is 24.3 Å². The monoisotopic (exact) mass is 394 g/mol. The molecule has 1 aromatic rings. The van der Waals surface area contributed by atoms with Gasteiger partial charge in [0.15, 0.2) is 0 Å². The molecule has 0 spiro atoms. The zero-order valence-corrected chi connectivity index (χ0v) is 15.6. The quantitative estimate of drug-likeness (QED) is 0.735. The number of sulfonamides is 1. The van der Waals surface area contributed by atoms with Gasteiger partial charge in [-0.25, -0.2) is 13.1 Å². The standard InChI is InChI=1S/C17H25F3N2O3S/c1-2-3-10-22-11-8-15(9-12-22)21-26(23,24)13-14-4-6-16(7-5-14)25-17(18,19)20/h4-7,15,21H,2-3,8-13H2,1H3. The van der Waals surface area contributed by atoms with E-state index in [9.17, 15) is 21.6 Å². The van der Waals surface area contributed by atoms with Crippen LogP contribution in [-0.4, -0.2) is 45.4 Å². The summed E-state index contributed by atoms with van der Waals surface area (Å²) < 4.78 is 67.5. The van der Waals surface area contributed by atoms with Crippen LogP contribution in [0.25, 0.3) is 0 Å². The molecule has 1 aromatic carbocycles. The van der Waals surface area contributed by atoms with E-state index < -0.39 is 16.4 Å². The van der Waals surface area contributed by atoms with E-state index >= 15 is 0 Å². The van der Waals surface area contributed by atoms with Crippen molar-refractivity contribution in [1.82, 2.24) is 9.62 Å². The molecule has 1 N–H and O–H groups in total. The molecule has 1 aliphatic heterocycles. The van der Waals surface area contributed by atoms with Crippen LogP contribution in [0.1, 0.15) is 38.2 Å². The zero-order chi connectivity index (χ0) is 19.2. The number of halogens is 3. The summed E-state index contributed by atoms with van der Waals surface area (Å²) in [5, 5.41) is 0. The third-order valence-electron chi connectivity index (χ3n) is 4.28. The summed E-state index contributed by atoms with van der Waals surface area (Å²) in [6, 6.07) is 4.79. The topological polar surface area (TPSA) is 58.6 Å². The van der Waals surface area contributed by atoms with Gasteiger partial charge in [0.05, 0.1) is 5.75 Å². The number of alkyl halides is 3. The first-order valence-corrected chi connectivity index (χ1v) is 10.4. The first-order chi connectivity index (χ1) is 12.2. The number of piperidine rings is 1. The molecule has 0 bridgehead atoms. The molecule has 148 valence electrons. The molecule has 0 aliphatic carbocycles. The van der Waals surface area contributed by atoms with E-state index in [2.05, 4.69) is 21.3 Å². The molecule has 1 saturated heterocycles. The summed E-state index contributed by atoms with van der Waals surface area (Å²) in [5.41, 5.74) is 0.410. The first-order valence-electron chi connectivity index (χ1n) is 8.74. The molecule has 9 heteroatoms. The summed E-state index contributed by atoms with van der Waals surface area (Å²) >= 11 is 0. The average molecular weight is 394 g/mol. The van der Waals surface area contributed by atoms with Crippen LogP contribution in [0.3, 0.4) is 0 Å². The summed E-state index contributed by atoms with van der Waals surface area (Å²) in [5.74, 6) is -0.638. The molecule has 0 amide bonds. The van der Waals surface area contributed by atoms with Gasteiger partial charge in [0.1, 0.15) is 5.75 Å². The number of benzene rings is 1. The fraction of sp³-hybridized carbons (Fsp3) is 0.647. The molecule has 0 radical (unpaired) electrons. The Morgan fingerprint density at radius 1 is 1.19 bits per heavy atom. The van der Waals surface area contributed by atoms with Gasteiger partial charge in [-0.3, -0.25) is 0 Å². The molecule has 26 heavy (non-hydrogen) atoms. The predicted octanol–water partition coefficient (Wildman–Crippen LogP) is 3.27. The second kappa shape index (κ2) is 9.05. The van der Waals surface area contributed by atoms with Crippen LogP contribution in [0.5, 0.6) is 5.75 Å². The molecular formula is C17H25F3N2O3S. The van der Waals surface area contributed by atoms with Gasteiger partial charge in [0, 0.05) is 6.04 Å². The van der Waals surface area contributed by atoms with Crippen molar-refractivity contribution in [1.29, 1.82) is 0 Å². The van der Waals surface area contributed by atoms with Crippen molar-refractivity contribution in [3.05, 3.63) is 29.8 Å². The number of unbranched alkanes of at least 4 members (excludes halogenated alkanes) is 1. The van der Waals surface area contributed by atoms with E-state index in [0.717, 1.165) is 57.5 Å². The van der Waals surface area contributed by atoms with Gasteiger partial charge in [-0.1, -0.05) is 25.5 Å². The second-order valence-corrected chi connectivity index (χ2v) is 8.29. The van der Waals surface area contributed by atoms with E-state index in [0.29, 0.717) is 5.56 Å². The lowest BCUT2D eigenvalue weighted by atomic mass is 10.1. The Kier molecular flexibility index (Phi) is 7.31. The van der Waals surface area contributed by atoms with Gasteiger partial charge in [-0.2, -0.15) is 0 Å². The number of likely N-dealkylation sites (tertiary alicyclic amines) is 1. The van der Waals surface area contributed by atoms with E-state index in [1.807, 2.05) is 0 Å². The minimum Gasteiger partial charge on any atom is -0.406 e. The van der Waals surface area contributed by atoms with Crippen LogP contribution in [-0.2, 0) is 15.8 Å². The Hall–Kier alpha value is -1.32. The van der Waals surface area contributed by atoms with Crippen molar-refractivity contribution >= 4 is 10.0 Å². The molecule has 2 rings (SSSR count). The molecule has 0 atom stereocenters. The Labute approximate surface area is 152 Å². The van der Waals surface area contributed by atoms with Crippen molar-refractivity contribution in [2.45, 2.75) is 50.8 Å². The van der Waals surface area contributed by atoms with Gasteiger partial charge < -0.3 is 9.64 Å². The summed E-state index contributed by atoms with van der Waals surface area (Å²) in [6.07, 6.45) is -0.951. The van der Waals surface area contributed by atoms with Crippen molar-refractivity contribution in [2.75, 3.05) is 19.6 Å². The van der Waals surface area contributed by atoms with Gasteiger partial charge in [-0.05, 0) is 56.6 Å². The van der Waals surface area contributed by atoms with Gasteiger partial charge >= 0.3 is 6.36 Å². The Morgan fingerprint density at radius 3 is 2.35 bits per heavy atom. The fourth-order valence-electron chi connectivity index (χ4n) is 2.96. The molecule has 0 unspecified atom stereocenters. The van der Waals surface area contributed by atoms with Crippen LogP contribution in [0.2, 0.25) is 0 Å². The SMILES string of the molecule is CCCCN1CCC(NS(=O)(=O)Cc2ccc(OC(F)(F)F)cc2)CC1. The maximum absolute atomic E-state index is 12.3. The molecule has 0 aromatic heterocycles. The van der Waals surface area contributed by atoms with E-state index in [-0.39, 0.29) is 17.5 Å². The molecular weight excluding hydrogens is 369 g/mol. The maximum Gasteiger partial charge on any atom is 0.573 e. The molecule has 1 fully saturated rings. The molecule has 1 heterocycles.